The molecule has 0 saturated heterocycles. The number of hydrogen-bond acceptors (Lipinski definition) is 8. The van der Waals surface area contributed by atoms with Crippen LogP contribution < -0.4 is 27.4 Å². The number of carbonyl (C=O) groups is 5. The third-order valence-corrected chi connectivity index (χ3v) is 5.85. The smallest absolute Gasteiger partial charge is 0.326 e. The average molecular weight is 528 g/mol. The fourth-order valence-corrected chi connectivity index (χ4v) is 3.77. The number of aliphatic carboxylic acids is 1. The van der Waals surface area contributed by atoms with Crippen LogP contribution in [-0.4, -0.2) is 80.8 Å². The van der Waals surface area contributed by atoms with Crippen LogP contribution in [0.3, 0.4) is 0 Å². The number of imidazole rings is 1. The van der Waals surface area contributed by atoms with Gasteiger partial charge < -0.3 is 37.5 Å². The van der Waals surface area contributed by atoms with Gasteiger partial charge in [-0.25, -0.2) is 9.78 Å². The lowest BCUT2D eigenvalue weighted by Gasteiger charge is -2.26. The van der Waals surface area contributed by atoms with E-state index in [0.717, 1.165) is 0 Å². The molecule has 1 aromatic rings. The molecule has 9 N–H and O–H groups in total. The second-order valence-corrected chi connectivity index (χ2v) is 9.81. The summed E-state index contributed by atoms with van der Waals surface area (Å²) in [6.07, 6.45) is 5.16. The Hall–Kier alpha value is -3.13. The van der Waals surface area contributed by atoms with Crippen LogP contribution in [0.25, 0.3) is 0 Å². The minimum absolute atomic E-state index is 0.0357. The normalized spacial score (nSPS) is 14.4. The first-order chi connectivity index (χ1) is 16.9. The van der Waals surface area contributed by atoms with Gasteiger partial charge in [0.2, 0.25) is 23.6 Å². The molecule has 0 spiro atoms. The molecular formula is C22H37N7O6S. The van der Waals surface area contributed by atoms with Crippen molar-refractivity contribution in [3.05, 3.63) is 18.2 Å². The Morgan fingerprint density at radius 1 is 1.03 bits per heavy atom. The van der Waals surface area contributed by atoms with Crippen molar-refractivity contribution in [3.63, 3.8) is 0 Å². The first kappa shape index (κ1) is 30.9. The molecule has 1 heterocycles. The second-order valence-electron chi connectivity index (χ2n) is 8.83. The maximum absolute atomic E-state index is 13.1. The lowest BCUT2D eigenvalue weighted by atomic mass is 10.0. The van der Waals surface area contributed by atoms with Crippen LogP contribution in [0.15, 0.2) is 12.5 Å². The summed E-state index contributed by atoms with van der Waals surface area (Å²) in [6.45, 7) is 3.76. The number of primary amides is 1. The first-order valence-electron chi connectivity index (χ1n) is 11.6. The van der Waals surface area contributed by atoms with Crippen LogP contribution in [0.5, 0.6) is 0 Å². The summed E-state index contributed by atoms with van der Waals surface area (Å²) in [5.74, 6) is -3.30. The number of carbonyl (C=O) groups excluding carboxylic acids is 4. The van der Waals surface area contributed by atoms with E-state index in [2.05, 4.69) is 25.9 Å². The van der Waals surface area contributed by atoms with Gasteiger partial charge in [-0.1, -0.05) is 13.8 Å². The van der Waals surface area contributed by atoms with E-state index in [0.29, 0.717) is 17.9 Å². The van der Waals surface area contributed by atoms with Gasteiger partial charge >= 0.3 is 5.97 Å². The molecule has 0 aliphatic heterocycles. The molecule has 0 aromatic carbocycles. The summed E-state index contributed by atoms with van der Waals surface area (Å²) in [5, 5.41) is 17.0. The van der Waals surface area contributed by atoms with Crippen molar-refractivity contribution in [2.24, 2.45) is 17.4 Å². The molecule has 4 amide bonds. The maximum Gasteiger partial charge on any atom is 0.326 e. The number of carboxylic acids is 1. The van der Waals surface area contributed by atoms with Crippen LogP contribution in [0.2, 0.25) is 0 Å². The Morgan fingerprint density at radius 2 is 1.64 bits per heavy atom. The molecule has 13 nitrogen and oxygen atoms in total. The Labute approximate surface area is 214 Å². The van der Waals surface area contributed by atoms with Gasteiger partial charge in [-0.05, 0) is 37.2 Å². The van der Waals surface area contributed by atoms with Crippen LogP contribution in [-0.2, 0) is 30.4 Å². The Morgan fingerprint density at radius 3 is 2.17 bits per heavy atom. The molecule has 14 heteroatoms. The van der Waals surface area contributed by atoms with E-state index < -0.39 is 53.8 Å². The number of rotatable bonds is 17. The molecular weight excluding hydrogens is 490 g/mol. The molecule has 0 fully saturated rings. The van der Waals surface area contributed by atoms with Crippen molar-refractivity contribution in [3.8, 4) is 0 Å². The summed E-state index contributed by atoms with van der Waals surface area (Å²) in [7, 11) is 0. The molecule has 4 atom stereocenters. The van der Waals surface area contributed by atoms with E-state index >= 15 is 0 Å². The highest BCUT2D eigenvalue weighted by Crippen LogP contribution is 2.09. The molecule has 0 aliphatic carbocycles. The van der Waals surface area contributed by atoms with E-state index in [1.54, 1.807) is 6.20 Å². The minimum Gasteiger partial charge on any atom is -0.480 e. The molecule has 0 radical (unpaired) electrons. The average Bonchev–Trinajstić information content (AvgIpc) is 3.30. The van der Waals surface area contributed by atoms with Crippen molar-refractivity contribution in [1.82, 2.24) is 25.9 Å². The third-order valence-electron chi connectivity index (χ3n) is 5.21. The van der Waals surface area contributed by atoms with Gasteiger partial charge in [0.25, 0.3) is 0 Å². The van der Waals surface area contributed by atoms with Gasteiger partial charge in [0.15, 0.2) is 0 Å². The topological polar surface area (TPSA) is 222 Å². The van der Waals surface area contributed by atoms with Gasteiger partial charge in [0.05, 0.1) is 12.4 Å². The minimum atomic E-state index is -1.34. The predicted molar refractivity (Wildman–Crippen MR) is 135 cm³/mol. The Bertz CT molecular complexity index is 880. The quantitative estimate of drug-likeness (QED) is 0.130. The number of nitrogens with two attached hydrogens (primary N) is 2. The molecule has 202 valence electrons. The van der Waals surface area contributed by atoms with E-state index in [1.807, 2.05) is 20.1 Å². The van der Waals surface area contributed by atoms with Crippen molar-refractivity contribution < 1.29 is 29.1 Å². The number of H-pyrrole nitrogens is 1. The summed E-state index contributed by atoms with van der Waals surface area (Å²) in [6, 6.07) is -4.28. The highest BCUT2D eigenvalue weighted by atomic mass is 32.2. The zero-order chi connectivity index (χ0) is 27.3. The SMILES string of the molecule is CSCCC(NC(=O)C(CC(C)C)NC(=O)C(N)Cc1cnc[nH]1)C(=O)NC(CCC(N)=O)C(=O)O. The van der Waals surface area contributed by atoms with Gasteiger partial charge in [0.1, 0.15) is 18.1 Å². The standard InChI is InChI=1S/C22H37N7O6S/c1-12(2)8-17(29-19(31)14(23)9-13-10-25-11-26-13)21(33)27-15(6-7-36-3)20(32)28-16(22(34)35)4-5-18(24)30/h10-12,14-17H,4-9,23H2,1-3H3,(H2,24,30)(H,25,26)(H,27,33)(H,28,32)(H,29,31)(H,34,35). The van der Waals surface area contributed by atoms with Crippen molar-refractivity contribution >= 4 is 41.4 Å². The number of amides is 4. The zero-order valence-electron chi connectivity index (χ0n) is 20.8. The molecule has 1 aromatic heterocycles. The number of hydrogen-bond donors (Lipinski definition) is 7. The summed E-state index contributed by atoms with van der Waals surface area (Å²) in [4.78, 5) is 67.9. The number of thioether (sulfide) groups is 1. The van der Waals surface area contributed by atoms with Crippen LogP contribution >= 0.6 is 11.8 Å². The molecule has 0 aliphatic rings. The lowest BCUT2D eigenvalue weighted by molar-refractivity contribution is -0.142. The van der Waals surface area contributed by atoms with Gasteiger partial charge in [-0.15, -0.1) is 0 Å². The Kier molecular flexibility index (Phi) is 13.5. The summed E-state index contributed by atoms with van der Waals surface area (Å²) >= 11 is 1.45. The lowest BCUT2D eigenvalue weighted by Crippen LogP contribution is -2.57. The van der Waals surface area contributed by atoms with E-state index in [4.69, 9.17) is 11.5 Å². The van der Waals surface area contributed by atoms with Crippen LogP contribution in [0, 0.1) is 5.92 Å². The Balaban J connectivity index is 2.92. The van der Waals surface area contributed by atoms with Gasteiger partial charge in [0, 0.05) is 24.7 Å². The maximum atomic E-state index is 13.1. The molecule has 1 rings (SSSR count). The first-order valence-corrected chi connectivity index (χ1v) is 13.0. The van der Waals surface area contributed by atoms with Gasteiger partial charge in [-0.3, -0.25) is 19.2 Å². The predicted octanol–water partition coefficient (Wildman–Crippen LogP) is -1.12. The highest BCUT2D eigenvalue weighted by molar-refractivity contribution is 7.98. The number of nitrogens with one attached hydrogen (secondary N) is 4. The molecule has 4 unspecified atom stereocenters. The fourth-order valence-electron chi connectivity index (χ4n) is 3.30. The van der Waals surface area contributed by atoms with Crippen LogP contribution in [0.4, 0.5) is 0 Å². The summed E-state index contributed by atoms with van der Waals surface area (Å²) < 4.78 is 0. The fraction of sp³-hybridized carbons (Fsp3) is 0.636. The summed E-state index contributed by atoms with van der Waals surface area (Å²) in [5.41, 5.74) is 11.7. The highest BCUT2D eigenvalue weighted by Gasteiger charge is 2.30. The monoisotopic (exact) mass is 527 g/mol. The number of aromatic nitrogens is 2. The van der Waals surface area contributed by atoms with Gasteiger partial charge in [-0.2, -0.15) is 11.8 Å². The number of aromatic amines is 1. The van der Waals surface area contributed by atoms with E-state index in [9.17, 15) is 29.1 Å². The van der Waals surface area contributed by atoms with E-state index in [-0.39, 0.29) is 31.6 Å². The molecule has 0 saturated carbocycles. The number of nitrogens with zero attached hydrogens (tertiary/aromatic N) is 1. The van der Waals surface area contributed by atoms with Crippen molar-refractivity contribution in [2.45, 2.75) is 70.1 Å². The molecule has 0 bridgehead atoms. The van der Waals surface area contributed by atoms with Crippen molar-refractivity contribution in [1.29, 1.82) is 0 Å². The van der Waals surface area contributed by atoms with E-state index in [1.165, 1.54) is 18.1 Å². The second kappa shape index (κ2) is 15.8. The zero-order valence-corrected chi connectivity index (χ0v) is 21.6. The third kappa shape index (κ3) is 11.5. The molecule has 36 heavy (non-hydrogen) atoms. The van der Waals surface area contributed by atoms with Crippen molar-refractivity contribution in [2.75, 3.05) is 12.0 Å². The van der Waals surface area contributed by atoms with Crippen LogP contribution in [0.1, 0.15) is 45.2 Å². The largest absolute Gasteiger partial charge is 0.480 e. The number of carboxylic acid groups (broad SMARTS) is 1.